The summed E-state index contributed by atoms with van der Waals surface area (Å²) in [4.78, 5) is 16.7. The number of hydrogen-bond donors (Lipinski definition) is 3. The summed E-state index contributed by atoms with van der Waals surface area (Å²) in [6.45, 7) is 1.13. The third-order valence-electron chi connectivity index (χ3n) is 3.48. The van der Waals surface area contributed by atoms with Crippen molar-refractivity contribution in [1.29, 1.82) is 0 Å². The summed E-state index contributed by atoms with van der Waals surface area (Å²) >= 11 is 0. The van der Waals surface area contributed by atoms with Crippen molar-refractivity contribution in [1.82, 2.24) is 15.3 Å². The van der Waals surface area contributed by atoms with Crippen LogP contribution in [0.1, 0.15) is 31.2 Å². The zero-order chi connectivity index (χ0) is 12.4. The lowest BCUT2D eigenvalue weighted by Crippen LogP contribution is -2.17. The number of unbranched alkanes of at least 4 members (excludes halogenated alkanes) is 1. The van der Waals surface area contributed by atoms with Gasteiger partial charge >= 0.3 is 5.69 Å². The predicted octanol–water partition coefficient (Wildman–Crippen LogP) is 1.93. The van der Waals surface area contributed by atoms with Crippen molar-refractivity contribution >= 4 is 11.0 Å². The molecule has 1 aliphatic carbocycles. The predicted molar refractivity (Wildman–Crippen MR) is 72.9 cm³/mol. The van der Waals surface area contributed by atoms with Crippen LogP contribution < -0.4 is 11.0 Å². The van der Waals surface area contributed by atoms with Crippen molar-refractivity contribution in [2.75, 3.05) is 6.54 Å². The second-order valence-corrected chi connectivity index (χ2v) is 5.14. The molecule has 3 rings (SSSR count). The molecule has 4 nitrogen and oxygen atoms in total. The van der Waals surface area contributed by atoms with Crippen LogP contribution in [0.5, 0.6) is 0 Å². The van der Waals surface area contributed by atoms with Crippen molar-refractivity contribution < 1.29 is 0 Å². The van der Waals surface area contributed by atoms with E-state index in [0.717, 1.165) is 30.0 Å². The van der Waals surface area contributed by atoms with Gasteiger partial charge in [-0.2, -0.15) is 0 Å². The van der Waals surface area contributed by atoms with Gasteiger partial charge in [-0.15, -0.1) is 0 Å². The Bertz CT molecular complexity index is 580. The molecule has 0 radical (unpaired) electrons. The van der Waals surface area contributed by atoms with E-state index in [1.165, 1.54) is 31.2 Å². The molecule has 1 saturated carbocycles. The Morgan fingerprint density at radius 3 is 2.83 bits per heavy atom. The minimum Gasteiger partial charge on any atom is -0.314 e. The molecule has 2 aromatic rings. The van der Waals surface area contributed by atoms with E-state index in [2.05, 4.69) is 27.4 Å². The van der Waals surface area contributed by atoms with E-state index in [4.69, 9.17) is 0 Å². The summed E-state index contributed by atoms with van der Waals surface area (Å²) in [6, 6.07) is 6.96. The molecule has 0 spiro atoms. The quantitative estimate of drug-likeness (QED) is 0.681. The van der Waals surface area contributed by atoms with E-state index in [1.54, 1.807) is 0 Å². The van der Waals surface area contributed by atoms with Gasteiger partial charge in [0.1, 0.15) is 0 Å². The second-order valence-electron chi connectivity index (χ2n) is 5.14. The fourth-order valence-corrected chi connectivity index (χ4v) is 2.28. The van der Waals surface area contributed by atoms with Crippen molar-refractivity contribution in [3.05, 3.63) is 34.2 Å². The molecule has 0 saturated heterocycles. The summed E-state index contributed by atoms with van der Waals surface area (Å²) in [6.07, 6.45) is 6.21. The van der Waals surface area contributed by atoms with Crippen LogP contribution in [0.2, 0.25) is 0 Å². The molecule has 3 N–H and O–H groups in total. The maximum atomic E-state index is 11.1. The van der Waals surface area contributed by atoms with Crippen molar-refractivity contribution in [3.63, 3.8) is 0 Å². The monoisotopic (exact) mass is 245 g/mol. The number of rotatable bonds is 6. The van der Waals surface area contributed by atoms with Crippen LogP contribution in [-0.4, -0.2) is 22.6 Å². The highest BCUT2D eigenvalue weighted by Crippen LogP contribution is 2.18. The van der Waals surface area contributed by atoms with Gasteiger partial charge in [-0.25, -0.2) is 4.79 Å². The number of aromatic amines is 2. The zero-order valence-corrected chi connectivity index (χ0v) is 10.5. The standard InChI is InChI=1S/C14H19N3O/c18-14-16-12-7-4-10(9-13(12)17-14)3-1-2-8-15-11-5-6-11/h4,7,9,11,15H,1-3,5-6,8H2,(H2,16,17,18). The minimum atomic E-state index is -0.129. The highest BCUT2D eigenvalue weighted by molar-refractivity contribution is 5.74. The molecule has 0 atom stereocenters. The van der Waals surface area contributed by atoms with Gasteiger partial charge in [0.05, 0.1) is 11.0 Å². The molecule has 0 bridgehead atoms. The Labute approximate surface area is 106 Å². The first-order valence-electron chi connectivity index (χ1n) is 6.75. The normalized spacial score (nSPS) is 15.3. The fourth-order valence-electron chi connectivity index (χ4n) is 2.28. The fraction of sp³-hybridized carbons (Fsp3) is 0.500. The molecule has 1 aromatic heterocycles. The highest BCUT2D eigenvalue weighted by atomic mass is 16.1. The van der Waals surface area contributed by atoms with Gasteiger partial charge in [0.25, 0.3) is 0 Å². The van der Waals surface area contributed by atoms with Crippen molar-refractivity contribution in [2.24, 2.45) is 0 Å². The SMILES string of the molecule is O=c1[nH]c2ccc(CCCCNC3CC3)cc2[nH]1. The maximum absolute atomic E-state index is 11.1. The Balaban J connectivity index is 1.51. The average molecular weight is 245 g/mol. The molecule has 1 aromatic carbocycles. The van der Waals surface area contributed by atoms with E-state index < -0.39 is 0 Å². The summed E-state index contributed by atoms with van der Waals surface area (Å²) < 4.78 is 0. The van der Waals surface area contributed by atoms with Gasteiger partial charge in [-0.05, 0) is 56.3 Å². The maximum Gasteiger partial charge on any atom is 0.323 e. The first-order chi connectivity index (χ1) is 8.81. The largest absolute Gasteiger partial charge is 0.323 e. The van der Waals surface area contributed by atoms with E-state index in [9.17, 15) is 4.79 Å². The molecular formula is C14H19N3O. The number of nitrogens with one attached hydrogen (secondary N) is 3. The lowest BCUT2D eigenvalue weighted by atomic mass is 10.1. The third-order valence-corrected chi connectivity index (χ3v) is 3.48. The summed E-state index contributed by atoms with van der Waals surface area (Å²) in [7, 11) is 0. The molecule has 96 valence electrons. The average Bonchev–Trinajstić information content (AvgIpc) is 3.09. The smallest absolute Gasteiger partial charge is 0.314 e. The van der Waals surface area contributed by atoms with Crippen LogP contribution in [0.4, 0.5) is 0 Å². The van der Waals surface area contributed by atoms with Gasteiger partial charge in [-0.3, -0.25) is 0 Å². The number of H-pyrrole nitrogens is 2. The zero-order valence-electron chi connectivity index (χ0n) is 10.5. The topological polar surface area (TPSA) is 60.7 Å². The highest BCUT2D eigenvalue weighted by Gasteiger charge is 2.19. The summed E-state index contributed by atoms with van der Waals surface area (Å²) in [5.41, 5.74) is 2.97. The number of hydrogen-bond acceptors (Lipinski definition) is 2. The Morgan fingerprint density at radius 1 is 1.17 bits per heavy atom. The van der Waals surface area contributed by atoms with Gasteiger partial charge in [0.2, 0.25) is 0 Å². The van der Waals surface area contributed by atoms with Crippen LogP contribution in [0.25, 0.3) is 11.0 Å². The van der Waals surface area contributed by atoms with Crippen LogP contribution >= 0.6 is 0 Å². The molecule has 1 aliphatic rings. The number of benzene rings is 1. The van der Waals surface area contributed by atoms with Gasteiger partial charge in [0, 0.05) is 6.04 Å². The molecular weight excluding hydrogens is 226 g/mol. The number of aromatic nitrogens is 2. The molecule has 0 unspecified atom stereocenters. The van der Waals surface area contributed by atoms with Gasteiger partial charge in [-0.1, -0.05) is 6.07 Å². The van der Waals surface area contributed by atoms with E-state index >= 15 is 0 Å². The minimum absolute atomic E-state index is 0.129. The van der Waals surface area contributed by atoms with Crippen LogP contribution in [-0.2, 0) is 6.42 Å². The van der Waals surface area contributed by atoms with E-state index in [1.807, 2.05) is 6.07 Å². The second kappa shape index (κ2) is 4.98. The molecule has 1 fully saturated rings. The number of aryl methyl sites for hydroxylation is 1. The van der Waals surface area contributed by atoms with Crippen LogP contribution in [0, 0.1) is 0 Å². The van der Waals surface area contributed by atoms with Crippen molar-refractivity contribution in [3.8, 4) is 0 Å². The van der Waals surface area contributed by atoms with Gasteiger partial charge in [0.15, 0.2) is 0 Å². The molecule has 0 aliphatic heterocycles. The summed E-state index contributed by atoms with van der Waals surface area (Å²) in [5.74, 6) is 0. The lowest BCUT2D eigenvalue weighted by Gasteiger charge is -2.03. The lowest BCUT2D eigenvalue weighted by molar-refractivity contribution is 0.620. The van der Waals surface area contributed by atoms with Crippen LogP contribution in [0.3, 0.4) is 0 Å². The first-order valence-corrected chi connectivity index (χ1v) is 6.75. The Hall–Kier alpha value is -1.55. The molecule has 0 amide bonds. The number of fused-ring (bicyclic) bond motifs is 1. The van der Waals surface area contributed by atoms with E-state index in [0.29, 0.717) is 0 Å². The van der Waals surface area contributed by atoms with E-state index in [-0.39, 0.29) is 5.69 Å². The molecule has 18 heavy (non-hydrogen) atoms. The summed E-state index contributed by atoms with van der Waals surface area (Å²) in [5, 5.41) is 3.52. The molecule has 4 heteroatoms. The van der Waals surface area contributed by atoms with Crippen LogP contribution in [0.15, 0.2) is 23.0 Å². The van der Waals surface area contributed by atoms with Crippen molar-refractivity contribution in [2.45, 2.75) is 38.1 Å². The Kier molecular flexibility index (Phi) is 3.19. The van der Waals surface area contributed by atoms with Gasteiger partial charge < -0.3 is 15.3 Å². The third kappa shape index (κ3) is 2.82. The molecule has 1 heterocycles. The Morgan fingerprint density at radius 2 is 2.00 bits per heavy atom. The first kappa shape index (κ1) is 11.5. The number of imidazole rings is 1.